The van der Waals surface area contributed by atoms with E-state index in [1.165, 1.54) is 24.9 Å². The van der Waals surface area contributed by atoms with Gasteiger partial charge in [-0.1, -0.05) is 17.9 Å². The maximum absolute atomic E-state index is 13.7. The van der Waals surface area contributed by atoms with Gasteiger partial charge in [-0.2, -0.15) is 0 Å². The van der Waals surface area contributed by atoms with Gasteiger partial charge >= 0.3 is 5.97 Å². The molecule has 0 aliphatic heterocycles. The minimum Gasteiger partial charge on any atom is -0.468 e. The zero-order valence-electron chi connectivity index (χ0n) is 10.0. The van der Waals surface area contributed by atoms with Crippen LogP contribution < -0.4 is 5.73 Å². The fourth-order valence-electron chi connectivity index (χ4n) is 1.20. The van der Waals surface area contributed by atoms with Gasteiger partial charge < -0.3 is 10.5 Å². The summed E-state index contributed by atoms with van der Waals surface area (Å²) in [6.45, 7) is 0.248. The number of hydrogen-bond donors (Lipinski definition) is 1. The van der Waals surface area contributed by atoms with Crippen LogP contribution in [0.3, 0.4) is 0 Å². The molecule has 0 aliphatic rings. The van der Waals surface area contributed by atoms with Crippen molar-refractivity contribution in [1.82, 2.24) is 0 Å². The van der Waals surface area contributed by atoms with Crippen molar-refractivity contribution in [2.75, 3.05) is 19.4 Å². The first-order chi connectivity index (χ1) is 8.67. The number of methoxy groups -OCH3 is 1. The van der Waals surface area contributed by atoms with Gasteiger partial charge in [-0.05, 0) is 17.7 Å². The lowest BCUT2D eigenvalue weighted by Gasteiger charge is -2.03. The number of hydrogen-bond acceptors (Lipinski definition) is 4. The van der Waals surface area contributed by atoms with Gasteiger partial charge in [0, 0.05) is 11.3 Å². The number of benzene rings is 1. The molecule has 1 aromatic carbocycles. The molecule has 0 heterocycles. The van der Waals surface area contributed by atoms with E-state index >= 15 is 0 Å². The molecular weight excluding hydrogens is 253 g/mol. The number of rotatable bonds is 4. The van der Waals surface area contributed by atoms with Crippen molar-refractivity contribution in [2.24, 2.45) is 5.73 Å². The number of nitrogens with two attached hydrogens (primary N) is 1. The molecule has 0 bridgehead atoms. The van der Waals surface area contributed by atoms with Crippen molar-refractivity contribution in [3.63, 3.8) is 0 Å². The number of halogens is 1. The summed E-state index contributed by atoms with van der Waals surface area (Å²) in [6, 6.07) is 4.77. The largest absolute Gasteiger partial charge is 0.468 e. The van der Waals surface area contributed by atoms with Gasteiger partial charge in [0.2, 0.25) is 0 Å². The predicted molar refractivity (Wildman–Crippen MR) is 70.5 cm³/mol. The second-order valence-corrected chi connectivity index (χ2v) is 4.37. The Balaban J connectivity index is 2.60. The molecule has 96 valence electrons. The van der Waals surface area contributed by atoms with E-state index in [9.17, 15) is 9.18 Å². The van der Waals surface area contributed by atoms with Gasteiger partial charge in [-0.3, -0.25) is 4.79 Å². The molecule has 0 unspecified atom stereocenters. The molecule has 0 atom stereocenters. The standard InChI is InChI=1S/C13H14FNO2S/c1-17-13(16)9-18-8-11-5-4-10(3-2-6-15)7-12(11)14/h4-5,7H,6,8-9,15H2,1H3. The molecule has 0 saturated heterocycles. The average Bonchev–Trinajstić information content (AvgIpc) is 2.38. The fourth-order valence-corrected chi connectivity index (χ4v) is 2.04. The molecule has 0 saturated carbocycles. The number of thioether (sulfide) groups is 1. The molecule has 0 aromatic heterocycles. The molecule has 5 heteroatoms. The van der Waals surface area contributed by atoms with E-state index < -0.39 is 0 Å². The second-order valence-electron chi connectivity index (χ2n) is 3.38. The molecule has 0 amide bonds. The zero-order chi connectivity index (χ0) is 13.4. The van der Waals surface area contributed by atoms with Crippen molar-refractivity contribution in [3.05, 3.63) is 35.1 Å². The first kappa shape index (κ1) is 14.6. The van der Waals surface area contributed by atoms with E-state index in [0.29, 0.717) is 16.9 Å². The highest BCUT2D eigenvalue weighted by atomic mass is 32.2. The molecular formula is C13H14FNO2S. The Morgan fingerprint density at radius 3 is 2.94 bits per heavy atom. The van der Waals surface area contributed by atoms with Crippen LogP contribution in [0, 0.1) is 17.7 Å². The third-order valence-corrected chi connectivity index (χ3v) is 3.05. The van der Waals surface area contributed by atoms with Crippen LogP contribution in [0.5, 0.6) is 0 Å². The van der Waals surface area contributed by atoms with E-state index in [1.54, 1.807) is 12.1 Å². The Hall–Kier alpha value is -1.51. The lowest BCUT2D eigenvalue weighted by molar-refractivity contribution is -0.137. The van der Waals surface area contributed by atoms with Crippen LogP contribution in [0.25, 0.3) is 0 Å². The predicted octanol–water partition coefficient (Wildman–Crippen LogP) is 1.54. The monoisotopic (exact) mass is 267 g/mol. The first-order valence-electron chi connectivity index (χ1n) is 5.29. The average molecular weight is 267 g/mol. The molecule has 1 rings (SSSR count). The van der Waals surface area contributed by atoms with Crippen LogP contribution in [0.1, 0.15) is 11.1 Å². The minimum absolute atomic E-state index is 0.213. The van der Waals surface area contributed by atoms with E-state index in [4.69, 9.17) is 5.73 Å². The second kappa shape index (κ2) is 7.75. The molecule has 2 N–H and O–H groups in total. The highest BCUT2D eigenvalue weighted by Crippen LogP contribution is 2.17. The molecule has 3 nitrogen and oxygen atoms in total. The van der Waals surface area contributed by atoms with Crippen molar-refractivity contribution in [3.8, 4) is 11.8 Å². The Morgan fingerprint density at radius 2 is 2.33 bits per heavy atom. The molecule has 0 radical (unpaired) electrons. The molecule has 1 aromatic rings. The SMILES string of the molecule is COC(=O)CSCc1ccc(C#CCN)cc1F. The highest BCUT2D eigenvalue weighted by molar-refractivity contribution is 7.99. The Labute approximate surface area is 110 Å². The number of esters is 1. The Kier molecular flexibility index (Phi) is 6.26. The van der Waals surface area contributed by atoms with E-state index in [2.05, 4.69) is 16.6 Å². The van der Waals surface area contributed by atoms with E-state index in [1.807, 2.05) is 0 Å². The maximum Gasteiger partial charge on any atom is 0.315 e. The van der Waals surface area contributed by atoms with Crippen LogP contribution in [0.15, 0.2) is 18.2 Å². The van der Waals surface area contributed by atoms with Gasteiger partial charge in [-0.15, -0.1) is 11.8 Å². The minimum atomic E-state index is -0.323. The highest BCUT2D eigenvalue weighted by Gasteiger charge is 2.05. The summed E-state index contributed by atoms with van der Waals surface area (Å²) in [5, 5.41) is 0. The molecule has 18 heavy (non-hydrogen) atoms. The summed E-state index contributed by atoms with van der Waals surface area (Å²) >= 11 is 1.31. The molecule has 0 spiro atoms. The summed E-state index contributed by atoms with van der Waals surface area (Å²) in [4.78, 5) is 10.9. The van der Waals surface area contributed by atoms with Gasteiger partial charge in [0.1, 0.15) is 5.82 Å². The lowest BCUT2D eigenvalue weighted by Crippen LogP contribution is -2.03. The van der Waals surface area contributed by atoms with Crippen LogP contribution >= 0.6 is 11.8 Å². The Bertz CT molecular complexity index is 480. The third kappa shape index (κ3) is 4.78. The lowest BCUT2D eigenvalue weighted by atomic mass is 10.1. The topological polar surface area (TPSA) is 52.3 Å². The fraction of sp³-hybridized carbons (Fsp3) is 0.308. The van der Waals surface area contributed by atoms with Crippen molar-refractivity contribution < 1.29 is 13.9 Å². The number of carbonyl (C=O) groups excluding carboxylic acids is 1. The summed E-state index contributed by atoms with van der Waals surface area (Å²) in [5.41, 5.74) is 6.38. The van der Waals surface area contributed by atoms with Gasteiger partial charge in [0.25, 0.3) is 0 Å². The van der Waals surface area contributed by atoms with Crippen LogP contribution in [-0.2, 0) is 15.3 Å². The van der Waals surface area contributed by atoms with Crippen molar-refractivity contribution in [2.45, 2.75) is 5.75 Å². The van der Waals surface area contributed by atoms with Gasteiger partial charge in [0.05, 0.1) is 19.4 Å². The van der Waals surface area contributed by atoms with Crippen molar-refractivity contribution in [1.29, 1.82) is 0 Å². The third-order valence-electron chi connectivity index (χ3n) is 2.09. The van der Waals surface area contributed by atoms with E-state index in [-0.39, 0.29) is 24.1 Å². The van der Waals surface area contributed by atoms with Gasteiger partial charge in [-0.25, -0.2) is 4.39 Å². The van der Waals surface area contributed by atoms with E-state index in [0.717, 1.165) is 0 Å². The normalized spacial score (nSPS) is 9.50. The molecule has 0 aliphatic carbocycles. The maximum atomic E-state index is 13.7. The summed E-state index contributed by atoms with van der Waals surface area (Å²) in [6.07, 6.45) is 0. The quantitative estimate of drug-likeness (QED) is 0.664. The van der Waals surface area contributed by atoms with Crippen molar-refractivity contribution >= 4 is 17.7 Å². The number of carbonyl (C=O) groups is 1. The van der Waals surface area contributed by atoms with Crippen LogP contribution in [-0.4, -0.2) is 25.4 Å². The smallest absolute Gasteiger partial charge is 0.315 e. The Morgan fingerprint density at radius 1 is 1.56 bits per heavy atom. The summed E-state index contributed by atoms with van der Waals surface area (Å²) in [7, 11) is 1.33. The first-order valence-corrected chi connectivity index (χ1v) is 6.44. The number of ether oxygens (including phenoxy) is 1. The summed E-state index contributed by atoms with van der Waals surface area (Å²) < 4.78 is 18.2. The summed E-state index contributed by atoms with van der Waals surface area (Å²) in [5.74, 6) is 5.42. The zero-order valence-corrected chi connectivity index (χ0v) is 10.8. The molecule has 0 fully saturated rings. The van der Waals surface area contributed by atoms with Crippen LogP contribution in [0.4, 0.5) is 4.39 Å². The van der Waals surface area contributed by atoms with Crippen LogP contribution in [0.2, 0.25) is 0 Å². The van der Waals surface area contributed by atoms with Gasteiger partial charge in [0.15, 0.2) is 0 Å².